The first-order valence-corrected chi connectivity index (χ1v) is 3.02. The standard InChI is InChI=1S/C5H10N2O3/c8-4(9)7-3-5(10)1-6-2-5/h6-7,10H,1-3H2,(H,8,9). The van der Waals surface area contributed by atoms with Crippen molar-refractivity contribution in [3.05, 3.63) is 0 Å². The number of carbonyl (C=O) groups is 1. The van der Waals surface area contributed by atoms with E-state index in [0.717, 1.165) is 0 Å². The van der Waals surface area contributed by atoms with Gasteiger partial charge in [0.2, 0.25) is 0 Å². The van der Waals surface area contributed by atoms with Gasteiger partial charge in [-0.2, -0.15) is 0 Å². The van der Waals surface area contributed by atoms with Gasteiger partial charge >= 0.3 is 6.09 Å². The van der Waals surface area contributed by atoms with Crippen LogP contribution in [0.1, 0.15) is 0 Å². The summed E-state index contributed by atoms with van der Waals surface area (Å²) in [6, 6.07) is 0. The van der Waals surface area contributed by atoms with Crippen LogP contribution in [0.4, 0.5) is 4.79 Å². The molecule has 0 aromatic heterocycles. The molecule has 5 nitrogen and oxygen atoms in total. The van der Waals surface area contributed by atoms with E-state index in [1.54, 1.807) is 0 Å². The molecule has 1 saturated heterocycles. The third-order valence-electron chi connectivity index (χ3n) is 1.48. The van der Waals surface area contributed by atoms with Crippen LogP contribution >= 0.6 is 0 Å². The fraction of sp³-hybridized carbons (Fsp3) is 0.800. The van der Waals surface area contributed by atoms with Crippen molar-refractivity contribution in [2.24, 2.45) is 0 Å². The Balaban J connectivity index is 2.18. The molecule has 0 saturated carbocycles. The first-order chi connectivity index (χ1) is 4.62. The second kappa shape index (κ2) is 2.43. The molecule has 0 unspecified atom stereocenters. The fourth-order valence-electron chi connectivity index (χ4n) is 0.779. The summed E-state index contributed by atoms with van der Waals surface area (Å²) in [6.45, 7) is 1.04. The second-order valence-corrected chi connectivity index (χ2v) is 2.49. The molecule has 1 heterocycles. The number of hydrogen-bond donors (Lipinski definition) is 4. The van der Waals surface area contributed by atoms with Crippen LogP contribution in [-0.2, 0) is 0 Å². The van der Waals surface area contributed by atoms with Gasteiger partial charge in [-0.25, -0.2) is 4.79 Å². The molecule has 1 rings (SSSR count). The monoisotopic (exact) mass is 146 g/mol. The number of aliphatic hydroxyl groups is 1. The van der Waals surface area contributed by atoms with Crippen LogP contribution in [0.5, 0.6) is 0 Å². The first-order valence-electron chi connectivity index (χ1n) is 3.02. The molecular formula is C5H10N2O3. The van der Waals surface area contributed by atoms with Gasteiger partial charge in [0, 0.05) is 13.1 Å². The van der Waals surface area contributed by atoms with E-state index >= 15 is 0 Å². The van der Waals surface area contributed by atoms with Crippen molar-refractivity contribution in [2.75, 3.05) is 19.6 Å². The molecule has 0 radical (unpaired) electrons. The molecule has 1 aliphatic heterocycles. The lowest BCUT2D eigenvalue weighted by molar-refractivity contribution is -0.00745. The van der Waals surface area contributed by atoms with Crippen molar-refractivity contribution in [3.63, 3.8) is 0 Å². The maximum atomic E-state index is 9.94. The molecule has 0 aliphatic carbocycles. The number of β-amino-alcohol motifs (C(OH)–C–C–N with tert-alkyl or cyclic N) is 1. The molecule has 4 N–H and O–H groups in total. The lowest BCUT2D eigenvalue weighted by atomic mass is 9.98. The van der Waals surface area contributed by atoms with Gasteiger partial charge < -0.3 is 20.8 Å². The zero-order valence-electron chi connectivity index (χ0n) is 5.42. The lowest BCUT2D eigenvalue weighted by Gasteiger charge is -2.37. The van der Waals surface area contributed by atoms with Crippen molar-refractivity contribution >= 4 is 6.09 Å². The summed E-state index contributed by atoms with van der Waals surface area (Å²) >= 11 is 0. The van der Waals surface area contributed by atoms with Crippen molar-refractivity contribution in [2.45, 2.75) is 5.60 Å². The van der Waals surface area contributed by atoms with Gasteiger partial charge in [-0.1, -0.05) is 0 Å². The number of nitrogens with one attached hydrogen (secondary N) is 2. The minimum absolute atomic E-state index is 0.106. The summed E-state index contributed by atoms with van der Waals surface area (Å²) in [5.41, 5.74) is -0.849. The lowest BCUT2D eigenvalue weighted by Crippen LogP contribution is -2.64. The first kappa shape index (κ1) is 7.30. The average Bonchev–Trinajstić information content (AvgIpc) is 1.79. The molecule has 10 heavy (non-hydrogen) atoms. The Bertz CT molecular complexity index is 144. The van der Waals surface area contributed by atoms with Crippen LogP contribution in [0, 0.1) is 0 Å². The van der Waals surface area contributed by atoms with Gasteiger partial charge in [-0.05, 0) is 0 Å². The topological polar surface area (TPSA) is 81.6 Å². The highest BCUT2D eigenvalue weighted by Gasteiger charge is 2.34. The Kier molecular flexibility index (Phi) is 1.78. The Labute approximate surface area is 58.0 Å². The Morgan fingerprint density at radius 3 is 2.60 bits per heavy atom. The predicted octanol–water partition coefficient (Wildman–Crippen LogP) is -1.41. The van der Waals surface area contributed by atoms with E-state index in [2.05, 4.69) is 10.6 Å². The summed E-state index contributed by atoms with van der Waals surface area (Å²) in [4.78, 5) is 9.94. The van der Waals surface area contributed by atoms with Gasteiger partial charge in [0.1, 0.15) is 5.60 Å². The number of amides is 1. The highest BCUT2D eigenvalue weighted by molar-refractivity contribution is 5.64. The molecule has 58 valence electrons. The molecule has 1 amide bonds. The van der Waals surface area contributed by atoms with Gasteiger partial charge in [-0.3, -0.25) is 0 Å². The van der Waals surface area contributed by atoms with Crippen LogP contribution in [0.3, 0.4) is 0 Å². The van der Waals surface area contributed by atoms with Crippen molar-refractivity contribution in [3.8, 4) is 0 Å². The van der Waals surface area contributed by atoms with Crippen molar-refractivity contribution in [1.29, 1.82) is 0 Å². The van der Waals surface area contributed by atoms with Gasteiger partial charge in [0.15, 0.2) is 0 Å². The van der Waals surface area contributed by atoms with Crippen molar-refractivity contribution in [1.82, 2.24) is 10.6 Å². The smallest absolute Gasteiger partial charge is 0.404 e. The van der Waals surface area contributed by atoms with Crippen LogP contribution in [-0.4, -0.2) is 41.5 Å². The minimum atomic E-state index is -1.10. The fourth-order valence-corrected chi connectivity index (χ4v) is 0.779. The predicted molar refractivity (Wildman–Crippen MR) is 33.8 cm³/mol. The van der Waals surface area contributed by atoms with Gasteiger partial charge in [0.25, 0.3) is 0 Å². The van der Waals surface area contributed by atoms with Crippen LogP contribution in [0.2, 0.25) is 0 Å². The Hall–Kier alpha value is -0.810. The third kappa shape index (κ3) is 1.58. The molecule has 1 fully saturated rings. The SMILES string of the molecule is O=C(O)NCC1(O)CNC1. The number of rotatable bonds is 2. The Morgan fingerprint density at radius 2 is 2.30 bits per heavy atom. The molecular weight excluding hydrogens is 136 g/mol. The highest BCUT2D eigenvalue weighted by atomic mass is 16.4. The van der Waals surface area contributed by atoms with Crippen LogP contribution in [0.25, 0.3) is 0 Å². The quantitative estimate of drug-likeness (QED) is 0.385. The van der Waals surface area contributed by atoms with Crippen molar-refractivity contribution < 1.29 is 15.0 Å². The number of hydrogen-bond acceptors (Lipinski definition) is 3. The van der Waals surface area contributed by atoms with E-state index in [9.17, 15) is 9.90 Å². The zero-order chi connectivity index (χ0) is 7.61. The third-order valence-corrected chi connectivity index (χ3v) is 1.48. The van der Waals surface area contributed by atoms with E-state index in [1.807, 2.05) is 0 Å². The van der Waals surface area contributed by atoms with E-state index in [1.165, 1.54) is 0 Å². The molecule has 1 aliphatic rings. The molecule has 0 aromatic carbocycles. The maximum absolute atomic E-state index is 9.94. The average molecular weight is 146 g/mol. The van der Waals surface area contributed by atoms with E-state index in [0.29, 0.717) is 13.1 Å². The normalized spacial score (nSPS) is 21.3. The second-order valence-electron chi connectivity index (χ2n) is 2.49. The molecule has 0 aromatic rings. The Morgan fingerprint density at radius 1 is 1.70 bits per heavy atom. The summed E-state index contributed by atoms with van der Waals surface area (Å²) in [7, 11) is 0. The molecule has 5 heteroatoms. The van der Waals surface area contributed by atoms with E-state index < -0.39 is 11.7 Å². The van der Waals surface area contributed by atoms with Crippen LogP contribution in [0.15, 0.2) is 0 Å². The molecule has 0 spiro atoms. The van der Waals surface area contributed by atoms with Gasteiger partial charge in [0.05, 0.1) is 6.54 Å². The summed E-state index contributed by atoms with van der Waals surface area (Å²) < 4.78 is 0. The maximum Gasteiger partial charge on any atom is 0.404 e. The van der Waals surface area contributed by atoms with Gasteiger partial charge in [-0.15, -0.1) is 0 Å². The molecule has 0 atom stereocenters. The van der Waals surface area contributed by atoms with Crippen LogP contribution < -0.4 is 10.6 Å². The highest BCUT2D eigenvalue weighted by Crippen LogP contribution is 2.07. The largest absolute Gasteiger partial charge is 0.465 e. The van der Waals surface area contributed by atoms with E-state index in [4.69, 9.17) is 5.11 Å². The minimum Gasteiger partial charge on any atom is -0.465 e. The summed E-state index contributed by atoms with van der Waals surface area (Å²) in [5, 5.41) is 22.4. The molecule has 0 bridgehead atoms. The summed E-state index contributed by atoms with van der Waals surface area (Å²) in [6.07, 6.45) is -1.10. The number of carboxylic acid groups (broad SMARTS) is 1. The van der Waals surface area contributed by atoms with E-state index in [-0.39, 0.29) is 6.54 Å². The zero-order valence-corrected chi connectivity index (χ0v) is 5.42. The summed E-state index contributed by atoms with van der Waals surface area (Å²) in [5.74, 6) is 0.